The van der Waals surface area contributed by atoms with E-state index in [0.717, 1.165) is 0 Å². The van der Waals surface area contributed by atoms with Gasteiger partial charge in [-0.05, 0) is 24.3 Å². The van der Waals surface area contributed by atoms with Crippen LogP contribution in [0, 0.1) is 11.3 Å². The van der Waals surface area contributed by atoms with Gasteiger partial charge in [0.1, 0.15) is 11.8 Å². The lowest BCUT2D eigenvalue weighted by Crippen LogP contribution is -2.10. The summed E-state index contributed by atoms with van der Waals surface area (Å²) >= 11 is 0. The fraction of sp³-hybridized carbons (Fsp3) is 0.0769. The van der Waals surface area contributed by atoms with Gasteiger partial charge in [0.2, 0.25) is 0 Å². The van der Waals surface area contributed by atoms with Crippen molar-refractivity contribution in [2.24, 2.45) is 0 Å². The minimum atomic E-state index is -0.632. The molecule has 0 aliphatic heterocycles. The summed E-state index contributed by atoms with van der Waals surface area (Å²) in [5.41, 5.74) is 6.70. The standard InChI is InChI=1S/C13H11N3O3/c1-19-13(18)12-11(15)8(6-14)7-16(12)9-2-4-10(17)5-3-9/h2-5,7,17H,15H2,1H3. The number of methoxy groups -OCH3 is 1. The first kappa shape index (κ1) is 12.5. The highest BCUT2D eigenvalue weighted by Crippen LogP contribution is 2.25. The first-order valence-electron chi connectivity index (χ1n) is 5.37. The molecule has 0 radical (unpaired) electrons. The third-order valence-electron chi connectivity index (χ3n) is 2.67. The van der Waals surface area contributed by atoms with Crippen molar-refractivity contribution in [1.29, 1.82) is 5.26 Å². The van der Waals surface area contributed by atoms with Crippen LogP contribution in [-0.4, -0.2) is 22.8 Å². The number of nitriles is 1. The van der Waals surface area contributed by atoms with E-state index in [1.54, 1.807) is 12.1 Å². The first-order chi connectivity index (χ1) is 9.08. The van der Waals surface area contributed by atoms with Crippen molar-refractivity contribution >= 4 is 11.7 Å². The van der Waals surface area contributed by atoms with E-state index < -0.39 is 5.97 Å². The molecule has 0 amide bonds. The number of rotatable bonds is 2. The second kappa shape index (κ2) is 4.74. The van der Waals surface area contributed by atoms with Crippen LogP contribution in [0.15, 0.2) is 30.5 Å². The smallest absolute Gasteiger partial charge is 0.357 e. The van der Waals surface area contributed by atoms with Gasteiger partial charge in [0, 0.05) is 11.9 Å². The van der Waals surface area contributed by atoms with E-state index in [9.17, 15) is 9.90 Å². The van der Waals surface area contributed by atoms with Crippen LogP contribution in [0.3, 0.4) is 0 Å². The molecule has 2 rings (SSSR count). The maximum absolute atomic E-state index is 11.7. The lowest BCUT2D eigenvalue weighted by atomic mass is 10.2. The maximum atomic E-state index is 11.7. The Morgan fingerprint density at radius 1 is 1.42 bits per heavy atom. The lowest BCUT2D eigenvalue weighted by Gasteiger charge is -2.08. The number of esters is 1. The molecule has 1 aromatic carbocycles. The topological polar surface area (TPSA) is 101 Å². The predicted molar refractivity (Wildman–Crippen MR) is 67.9 cm³/mol. The van der Waals surface area contributed by atoms with E-state index in [-0.39, 0.29) is 22.7 Å². The van der Waals surface area contributed by atoms with Crippen molar-refractivity contribution in [3.05, 3.63) is 41.7 Å². The molecule has 0 aliphatic carbocycles. The molecule has 96 valence electrons. The minimum Gasteiger partial charge on any atom is -0.508 e. The molecule has 0 unspecified atom stereocenters. The quantitative estimate of drug-likeness (QED) is 0.792. The Kier molecular flexibility index (Phi) is 3.12. The molecule has 1 aromatic heterocycles. The number of nitrogens with zero attached hydrogens (tertiary/aromatic N) is 2. The Morgan fingerprint density at radius 2 is 2.05 bits per heavy atom. The van der Waals surface area contributed by atoms with E-state index in [0.29, 0.717) is 5.69 Å². The number of carbonyl (C=O) groups is 1. The van der Waals surface area contributed by atoms with E-state index in [2.05, 4.69) is 4.74 Å². The number of benzene rings is 1. The molecule has 0 spiro atoms. The van der Waals surface area contributed by atoms with Crippen LogP contribution < -0.4 is 5.73 Å². The summed E-state index contributed by atoms with van der Waals surface area (Å²) in [5, 5.41) is 18.2. The first-order valence-corrected chi connectivity index (χ1v) is 5.37. The van der Waals surface area contributed by atoms with Gasteiger partial charge in [0.25, 0.3) is 0 Å². The van der Waals surface area contributed by atoms with Crippen LogP contribution in [-0.2, 0) is 4.74 Å². The summed E-state index contributed by atoms with van der Waals surface area (Å²) in [6, 6.07) is 8.05. The third kappa shape index (κ3) is 2.09. The number of hydrogen-bond acceptors (Lipinski definition) is 5. The molecule has 2 aromatic rings. The fourth-order valence-electron chi connectivity index (χ4n) is 1.73. The van der Waals surface area contributed by atoms with Crippen LogP contribution in [0.4, 0.5) is 5.69 Å². The summed E-state index contributed by atoms with van der Waals surface area (Å²) < 4.78 is 6.12. The van der Waals surface area contributed by atoms with Crippen LogP contribution in [0.5, 0.6) is 5.75 Å². The molecule has 0 saturated carbocycles. The van der Waals surface area contributed by atoms with Gasteiger partial charge in [-0.3, -0.25) is 0 Å². The number of phenols is 1. The van der Waals surface area contributed by atoms with E-state index in [1.807, 2.05) is 6.07 Å². The number of aromatic hydroxyl groups is 1. The van der Waals surface area contributed by atoms with Gasteiger partial charge in [0.15, 0.2) is 5.69 Å². The summed E-state index contributed by atoms with van der Waals surface area (Å²) in [6.07, 6.45) is 1.45. The molecule has 0 aliphatic rings. The van der Waals surface area contributed by atoms with E-state index >= 15 is 0 Å². The summed E-state index contributed by atoms with van der Waals surface area (Å²) in [6.45, 7) is 0. The molecule has 0 fully saturated rings. The summed E-state index contributed by atoms with van der Waals surface area (Å²) in [5.74, 6) is -0.531. The van der Waals surface area contributed by atoms with Gasteiger partial charge < -0.3 is 20.1 Å². The van der Waals surface area contributed by atoms with Crippen molar-refractivity contribution in [2.75, 3.05) is 12.8 Å². The van der Waals surface area contributed by atoms with Gasteiger partial charge in [-0.2, -0.15) is 5.26 Å². The van der Waals surface area contributed by atoms with Crippen LogP contribution >= 0.6 is 0 Å². The largest absolute Gasteiger partial charge is 0.508 e. The Bertz CT molecular complexity index is 666. The number of nitrogen functional groups attached to an aromatic ring is 1. The molecule has 6 heteroatoms. The molecular weight excluding hydrogens is 246 g/mol. The number of hydrogen-bond donors (Lipinski definition) is 2. The Morgan fingerprint density at radius 3 is 2.58 bits per heavy atom. The normalized spacial score (nSPS) is 9.89. The molecular formula is C13H11N3O3. The van der Waals surface area contributed by atoms with Gasteiger partial charge >= 0.3 is 5.97 Å². The van der Waals surface area contributed by atoms with Crippen molar-refractivity contribution in [3.63, 3.8) is 0 Å². The molecule has 1 heterocycles. The molecule has 0 bridgehead atoms. The van der Waals surface area contributed by atoms with Crippen molar-refractivity contribution < 1.29 is 14.6 Å². The molecule has 3 N–H and O–H groups in total. The van der Waals surface area contributed by atoms with E-state index in [1.165, 1.54) is 30.0 Å². The number of aromatic nitrogens is 1. The molecule has 6 nitrogen and oxygen atoms in total. The average molecular weight is 257 g/mol. The second-order valence-electron chi connectivity index (χ2n) is 3.79. The van der Waals surface area contributed by atoms with Gasteiger partial charge in [-0.15, -0.1) is 0 Å². The number of nitrogens with two attached hydrogens (primary N) is 1. The zero-order valence-corrected chi connectivity index (χ0v) is 10.1. The lowest BCUT2D eigenvalue weighted by molar-refractivity contribution is 0.0593. The SMILES string of the molecule is COC(=O)c1c(N)c(C#N)cn1-c1ccc(O)cc1. The highest BCUT2D eigenvalue weighted by atomic mass is 16.5. The Hall–Kier alpha value is -2.94. The van der Waals surface area contributed by atoms with E-state index in [4.69, 9.17) is 11.0 Å². The van der Waals surface area contributed by atoms with Gasteiger partial charge in [-0.25, -0.2) is 4.79 Å². The molecule has 0 saturated heterocycles. The Balaban J connectivity index is 2.66. The van der Waals surface area contributed by atoms with Gasteiger partial charge in [0.05, 0.1) is 18.4 Å². The molecule has 0 atom stereocenters. The summed E-state index contributed by atoms with van der Waals surface area (Å²) in [7, 11) is 1.24. The predicted octanol–water partition coefficient (Wildman–Crippen LogP) is 1.42. The number of phenolic OH excluding ortho intramolecular Hbond substituents is 1. The minimum absolute atomic E-state index is 0.0717. The fourth-order valence-corrected chi connectivity index (χ4v) is 1.73. The zero-order valence-electron chi connectivity index (χ0n) is 10.1. The van der Waals surface area contributed by atoms with Crippen molar-refractivity contribution in [3.8, 4) is 17.5 Å². The van der Waals surface area contributed by atoms with Crippen LogP contribution in [0.1, 0.15) is 16.1 Å². The van der Waals surface area contributed by atoms with Gasteiger partial charge in [-0.1, -0.05) is 0 Å². The average Bonchev–Trinajstić information content (AvgIpc) is 2.75. The highest BCUT2D eigenvalue weighted by Gasteiger charge is 2.21. The maximum Gasteiger partial charge on any atom is 0.357 e. The Labute approximate surface area is 109 Å². The monoisotopic (exact) mass is 257 g/mol. The second-order valence-corrected chi connectivity index (χ2v) is 3.79. The van der Waals surface area contributed by atoms with Crippen molar-refractivity contribution in [2.45, 2.75) is 0 Å². The number of carbonyl (C=O) groups excluding carboxylic acids is 1. The number of ether oxygens (including phenoxy) is 1. The molecule has 19 heavy (non-hydrogen) atoms. The van der Waals surface area contributed by atoms with Crippen LogP contribution in [0.25, 0.3) is 5.69 Å². The third-order valence-corrected chi connectivity index (χ3v) is 2.67. The zero-order chi connectivity index (χ0) is 14.0. The van der Waals surface area contributed by atoms with Crippen molar-refractivity contribution in [1.82, 2.24) is 4.57 Å². The highest BCUT2D eigenvalue weighted by molar-refractivity contribution is 5.95. The number of anilines is 1. The van der Waals surface area contributed by atoms with Crippen LogP contribution in [0.2, 0.25) is 0 Å². The summed E-state index contributed by atoms with van der Waals surface area (Å²) in [4.78, 5) is 11.7.